The van der Waals surface area contributed by atoms with Crippen molar-refractivity contribution < 1.29 is 4.39 Å². The number of nitrogen functional groups attached to an aromatic ring is 1. The molecule has 0 fully saturated rings. The van der Waals surface area contributed by atoms with Crippen LogP contribution in [-0.2, 0) is 0 Å². The average molecular weight is 247 g/mol. The summed E-state index contributed by atoms with van der Waals surface area (Å²) in [5.74, 6) is 6.68. The SMILES string of the molecule is Cc1nc(NN)cc(Nc2cccc(F)c2C)n1. The Hall–Kier alpha value is -2.21. The molecule has 0 radical (unpaired) electrons. The normalized spacial score (nSPS) is 10.2. The Bertz CT molecular complexity index is 570. The maximum absolute atomic E-state index is 13.4. The molecular formula is C12H14FN5. The first-order valence-electron chi connectivity index (χ1n) is 5.44. The zero-order chi connectivity index (χ0) is 13.1. The van der Waals surface area contributed by atoms with Gasteiger partial charge in [0.1, 0.15) is 23.3 Å². The molecule has 0 bridgehead atoms. The van der Waals surface area contributed by atoms with Gasteiger partial charge in [-0.25, -0.2) is 20.2 Å². The van der Waals surface area contributed by atoms with Gasteiger partial charge in [-0.2, -0.15) is 0 Å². The molecule has 6 heteroatoms. The van der Waals surface area contributed by atoms with Crippen LogP contribution in [0.5, 0.6) is 0 Å². The summed E-state index contributed by atoms with van der Waals surface area (Å²) in [6.07, 6.45) is 0. The molecular weight excluding hydrogens is 233 g/mol. The highest BCUT2D eigenvalue weighted by molar-refractivity contribution is 5.62. The van der Waals surface area contributed by atoms with Crippen LogP contribution in [0.25, 0.3) is 0 Å². The topological polar surface area (TPSA) is 75.9 Å². The molecule has 4 N–H and O–H groups in total. The highest BCUT2D eigenvalue weighted by Crippen LogP contribution is 2.22. The number of nitrogens with two attached hydrogens (primary N) is 1. The van der Waals surface area contributed by atoms with Crippen molar-refractivity contribution in [3.05, 3.63) is 41.5 Å². The van der Waals surface area contributed by atoms with Gasteiger partial charge in [-0.3, -0.25) is 0 Å². The second-order valence-electron chi connectivity index (χ2n) is 3.87. The molecule has 5 nitrogen and oxygen atoms in total. The van der Waals surface area contributed by atoms with Crippen LogP contribution < -0.4 is 16.6 Å². The summed E-state index contributed by atoms with van der Waals surface area (Å²) in [6.45, 7) is 3.46. The third kappa shape index (κ3) is 2.54. The predicted molar refractivity (Wildman–Crippen MR) is 69.0 cm³/mol. The summed E-state index contributed by atoms with van der Waals surface area (Å²) in [7, 11) is 0. The Balaban J connectivity index is 2.34. The van der Waals surface area contributed by atoms with Gasteiger partial charge in [0.25, 0.3) is 0 Å². The Morgan fingerprint density at radius 2 is 1.89 bits per heavy atom. The van der Waals surface area contributed by atoms with Gasteiger partial charge in [0.15, 0.2) is 0 Å². The molecule has 0 aliphatic rings. The van der Waals surface area contributed by atoms with E-state index in [4.69, 9.17) is 5.84 Å². The second-order valence-corrected chi connectivity index (χ2v) is 3.87. The summed E-state index contributed by atoms with van der Waals surface area (Å²) >= 11 is 0. The molecule has 0 unspecified atom stereocenters. The van der Waals surface area contributed by atoms with Crippen molar-refractivity contribution in [2.24, 2.45) is 5.84 Å². The third-order valence-electron chi connectivity index (χ3n) is 2.52. The van der Waals surface area contributed by atoms with Crippen LogP contribution in [0.4, 0.5) is 21.7 Å². The summed E-state index contributed by atoms with van der Waals surface area (Å²) in [5, 5.41) is 3.04. The maximum Gasteiger partial charge on any atom is 0.145 e. The summed E-state index contributed by atoms with van der Waals surface area (Å²) < 4.78 is 13.4. The number of aromatic nitrogens is 2. The van der Waals surface area contributed by atoms with Gasteiger partial charge in [-0.05, 0) is 26.0 Å². The molecule has 0 spiro atoms. The van der Waals surface area contributed by atoms with Gasteiger partial charge in [-0.1, -0.05) is 6.07 Å². The van der Waals surface area contributed by atoms with E-state index in [2.05, 4.69) is 20.7 Å². The highest BCUT2D eigenvalue weighted by Gasteiger charge is 2.06. The number of halogens is 1. The van der Waals surface area contributed by atoms with Crippen LogP contribution in [0, 0.1) is 19.7 Å². The largest absolute Gasteiger partial charge is 0.340 e. The Labute approximate surface area is 104 Å². The van der Waals surface area contributed by atoms with Crippen molar-refractivity contribution >= 4 is 17.3 Å². The lowest BCUT2D eigenvalue weighted by Crippen LogP contribution is -2.10. The van der Waals surface area contributed by atoms with Crippen LogP contribution in [-0.4, -0.2) is 9.97 Å². The number of nitrogens with zero attached hydrogens (tertiary/aromatic N) is 2. The van der Waals surface area contributed by atoms with Crippen molar-refractivity contribution in [1.82, 2.24) is 9.97 Å². The minimum absolute atomic E-state index is 0.261. The van der Waals surface area contributed by atoms with E-state index in [0.29, 0.717) is 28.7 Å². The molecule has 18 heavy (non-hydrogen) atoms. The number of hydrogen-bond acceptors (Lipinski definition) is 5. The van der Waals surface area contributed by atoms with E-state index in [1.807, 2.05) is 0 Å². The number of aryl methyl sites for hydroxylation is 1. The molecule has 0 saturated heterocycles. The summed E-state index contributed by atoms with van der Waals surface area (Å²) in [4.78, 5) is 8.28. The number of nitrogens with one attached hydrogen (secondary N) is 2. The zero-order valence-electron chi connectivity index (χ0n) is 10.2. The zero-order valence-corrected chi connectivity index (χ0v) is 10.2. The van der Waals surface area contributed by atoms with Crippen molar-refractivity contribution in [2.45, 2.75) is 13.8 Å². The molecule has 1 aromatic heterocycles. The second kappa shape index (κ2) is 4.97. The lowest BCUT2D eigenvalue weighted by Gasteiger charge is -2.10. The van der Waals surface area contributed by atoms with Gasteiger partial charge < -0.3 is 10.7 Å². The number of hydrogen-bond donors (Lipinski definition) is 3. The molecule has 0 aliphatic carbocycles. The molecule has 0 atom stereocenters. The van der Waals surface area contributed by atoms with Gasteiger partial charge in [0, 0.05) is 17.3 Å². The fourth-order valence-electron chi connectivity index (χ4n) is 1.59. The molecule has 1 aromatic carbocycles. The standard InChI is InChI=1S/C12H14FN5/c1-7-9(13)4-3-5-10(7)17-11-6-12(18-14)16-8(2)15-11/h3-6H,14H2,1-2H3,(H2,15,16,17,18). The predicted octanol–water partition coefficient (Wildman–Crippen LogP) is 2.26. The first-order chi connectivity index (χ1) is 8.60. The Morgan fingerprint density at radius 3 is 2.61 bits per heavy atom. The van der Waals surface area contributed by atoms with Crippen LogP contribution >= 0.6 is 0 Å². The van der Waals surface area contributed by atoms with E-state index in [1.165, 1.54) is 6.07 Å². The van der Waals surface area contributed by atoms with Gasteiger partial charge in [-0.15, -0.1) is 0 Å². The minimum Gasteiger partial charge on any atom is -0.340 e. The molecule has 1 heterocycles. The smallest absolute Gasteiger partial charge is 0.145 e. The van der Waals surface area contributed by atoms with Crippen molar-refractivity contribution in [1.29, 1.82) is 0 Å². The van der Waals surface area contributed by atoms with Crippen molar-refractivity contribution in [3.8, 4) is 0 Å². The van der Waals surface area contributed by atoms with Gasteiger partial charge in [0.05, 0.1) is 0 Å². The van der Waals surface area contributed by atoms with Crippen LogP contribution in [0.3, 0.4) is 0 Å². The fraction of sp³-hybridized carbons (Fsp3) is 0.167. The third-order valence-corrected chi connectivity index (χ3v) is 2.52. The van der Waals surface area contributed by atoms with Crippen LogP contribution in [0.15, 0.2) is 24.3 Å². The quantitative estimate of drug-likeness (QED) is 0.573. The Morgan fingerprint density at radius 1 is 1.17 bits per heavy atom. The van der Waals surface area contributed by atoms with Gasteiger partial charge >= 0.3 is 0 Å². The molecule has 0 aliphatic heterocycles. The van der Waals surface area contributed by atoms with Gasteiger partial charge in [0.2, 0.25) is 0 Å². The van der Waals surface area contributed by atoms with E-state index in [9.17, 15) is 4.39 Å². The highest BCUT2D eigenvalue weighted by atomic mass is 19.1. The van der Waals surface area contributed by atoms with Crippen LogP contribution in [0.1, 0.15) is 11.4 Å². The number of hydrazine groups is 1. The van der Waals surface area contributed by atoms with E-state index in [1.54, 1.807) is 32.0 Å². The number of rotatable bonds is 3. The number of benzene rings is 1. The number of anilines is 3. The lowest BCUT2D eigenvalue weighted by molar-refractivity contribution is 0.619. The molecule has 2 aromatic rings. The molecule has 2 rings (SSSR count). The van der Waals surface area contributed by atoms with Crippen molar-refractivity contribution in [3.63, 3.8) is 0 Å². The van der Waals surface area contributed by atoms with E-state index < -0.39 is 0 Å². The maximum atomic E-state index is 13.4. The van der Waals surface area contributed by atoms with Crippen molar-refractivity contribution in [2.75, 3.05) is 10.7 Å². The summed E-state index contributed by atoms with van der Waals surface area (Å²) in [6, 6.07) is 6.49. The first-order valence-corrected chi connectivity index (χ1v) is 5.44. The average Bonchev–Trinajstić information content (AvgIpc) is 2.34. The van der Waals surface area contributed by atoms with E-state index in [0.717, 1.165) is 0 Å². The van der Waals surface area contributed by atoms with E-state index >= 15 is 0 Å². The molecule has 0 amide bonds. The lowest BCUT2D eigenvalue weighted by atomic mass is 10.2. The fourth-order valence-corrected chi connectivity index (χ4v) is 1.59. The first kappa shape index (κ1) is 12.3. The molecule has 94 valence electrons. The Kier molecular flexibility index (Phi) is 3.38. The summed E-state index contributed by atoms with van der Waals surface area (Å²) in [5.41, 5.74) is 3.66. The van der Waals surface area contributed by atoms with Crippen LogP contribution in [0.2, 0.25) is 0 Å². The minimum atomic E-state index is -0.261. The van der Waals surface area contributed by atoms with E-state index in [-0.39, 0.29) is 5.82 Å². The molecule has 0 saturated carbocycles. The monoisotopic (exact) mass is 247 g/mol.